The van der Waals surface area contributed by atoms with Crippen LogP contribution in [0.5, 0.6) is 0 Å². The Bertz CT molecular complexity index is 851. The summed E-state index contributed by atoms with van der Waals surface area (Å²) in [6, 6.07) is 13.3. The monoisotopic (exact) mass is 307 g/mol. The molecule has 23 heavy (non-hydrogen) atoms. The van der Waals surface area contributed by atoms with Crippen LogP contribution in [0.3, 0.4) is 0 Å². The number of fused-ring (bicyclic) bond motifs is 1. The van der Waals surface area contributed by atoms with Gasteiger partial charge in [-0.05, 0) is 49.1 Å². The Kier molecular flexibility index (Phi) is 4.17. The first-order valence-electron chi connectivity index (χ1n) is 7.74. The Balaban J connectivity index is 1.74. The molecule has 1 atom stereocenters. The SMILES string of the molecule is Cc1cccc(NC(=O)C(N)Cc2c[nH]c3ccccc23)c1C. The molecule has 1 aromatic heterocycles. The zero-order chi connectivity index (χ0) is 16.4. The van der Waals surface area contributed by atoms with E-state index < -0.39 is 6.04 Å². The second-order valence-electron chi connectivity index (χ2n) is 5.91. The zero-order valence-corrected chi connectivity index (χ0v) is 13.4. The predicted octanol–water partition coefficient (Wildman–Crippen LogP) is 3.29. The van der Waals surface area contributed by atoms with Crippen LogP contribution >= 0.6 is 0 Å². The van der Waals surface area contributed by atoms with E-state index in [1.54, 1.807) is 0 Å². The average molecular weight is 307 g/mol. The van der Waals surface area contributed by atoms with Crippen molar-refractivity contribution < 1.29 is 4.79 Å². The fraction of sp³-hybridized carbons (Fsp3) is 0.211. The van der Waals surface area contributed by atoms with E-state index in [1.165, 1.54) is 0 Å². The molecule has 0 saturated carbocycles. The van der Waals surface area contributed by atoms with Crippen molar-refractivity contribution in [2.75, 3.05) is 5.32 Å². The van der Waals surface area contributed by atoms with Gasteiger partial charge in [0.05, 0.1) is 6.04 Å². The van der Waals surface area contributed by atoms with Gasteiger partial charge in [0.1, 0.15) is 0 Å². The number of rotatable bonds is 4. The van der Waals surface area contributed by atoms with E-state index in [2.05, 4.69) is 10.3 Å². The molecular weight excluding hydrogens is 286 g/mol. The summed E-state index contributed by atoms with van der Waals surface area (Å²) in [6.45, 7) is 4.02. The quantitative estimate of drug-likeness (QED) is 0.692. The molecule has 118 valence electrons. The minimum atomic E-state index is -0.589. The third kappa shape index (κ3) is 3.12. The van der Waals surface area contributed by atoms with Crippen LogP contribution in [0.1, 0.15) is 16.7 Å². The molecule has 4 heteroatoms. The highest BCUT2D eigenvalue weighted by atomic mass is 16.2. The van der Waals surface area contributed by atoms with Gasteiger partial charge in [-0.25, -0.2) is 0 Å². The van der Waals surface area contributed by atoms with Crippen LogP contribution in [-0.2, 0) is 11.2 Å². The van der Waals surface area contributed by atoms with E-state index in [0.29, 0.717) is 6.42 Å². The number of benzene rings is 2. The summed E-state index contributed by atoms with van der Waals surface area (Å²) in [5.41, 5.74) is 11.3. The van der Waals surface area contributed by atoms with Crippen molar-refractivity contribution in [2.24, 2.45) is 5.73 Å². The van der Waals surface area contributed by atoms with Gasteiger partial charge in [-0.2, -0.15) is 0 Å². The number of nitrogens with two attached hydrogens (primary N) is 1. The Morgan fingerprint density at radius 1 is 1.17 bits per heavy atom. The first kappa shape index (κ1) is 15.3. The average Bonchev–Trinajstić information content (AvgIpc) is 2.95. The molecule has 3 rings (SSSR count). The second-order valence-corrected chi connectivity index (χ2v) is 5.91. The summed E-state index contributed by atoms with van der Waals surface area (Å²) in [5.74, 6) is -0.163. The molecule has 2 aromatic carbocycles. The maximum Gasteiger partial charge on any atom is 0.241 e. The molecule has 3 aromatic rings. The summed E-state index contributed by atoms with van der Waals surface area (Å²) >= 11 is 0. The van der Waals surface area contributed by atoms with Crippen LogP contribution in [0, 0.1) is 13.8 Å². The molecular formula is C19H21N3O. The fourth-order valence-electron chi connectivity index (χ4n) is 2.74. The predicted molar refractivity (Wildman–Crippen MR) is 94.5 cm³/mol. The highest BCUT2D eigenvalue weighted by Crippen LogP contribution is 2.20. The maximum atomic E-state index is 12.4. The number of hydrogen-bond donors (Lipinski definition) is 3. The molecule has 0 fully saturated rings. The molecule has 0 spiro atoms. The molecule has 0 saturated heterocycles. The largest absolute Gasteiger partial charge is 0.361 e. The summed E-state index contributed by atoms with van der Waals surface area (Å²) in [5, 5.41) is 4.05. The Hall–Kier alpha value is -2.59. The van der Waals surface area contributed by atoms with Gasteiger partial charge < -0.3 is 16.0 Å². The van der Waals surface area contributed by atoms with Crippen LogP contribution in [0.2, 0.25) is 0 Å². The standard InChI is InChI=1S/C19H21N3O/c1-12-6-5-9-17(13(12)2)22-19(23)16(20)10-14-11-21-18-8-4-3-7-15(14)18/h3-9,11,16,21H,10,20H2,1-2H3,(H,22,23). The summed E-state index contributed by atoms with van der Waals surface area (Å²) in [7, 11) is 0. The van der Waals surface area contributed by atoms with Crippen LogP contribution in [0.15, 0.2) is 48.7 Å². The van der Waals surface area contributed by atoms with Gasteiger partial charge >= 0.3 is 0 Å². The third-order valence-electron chi connectivity index (χ3n) is 4.31. The fourth-order valence-corrected chi connectivity index (χ4v) is 2.74. The Labute approximate surface area is 135 Å². The number of carbonyl (C=O) groups is 1. The zero-order valence-electron chi connectivity index (χ0n) is 13.4. The number of carbonyl (C=O) groups excluding carboxylic acids is 1. The number of hydrogen-bond acceptors (Lipinski definition) is 2. The molecule has 1 heterocycles. The lowest BCUT2D eigenvalue weighted by molar-refractivity contribution is -0.117. The van der Waals surface area contributed by atoms with Gasteiger partial charge in [0, 0.05) is 22.8 Å². The lowest BCUT2D eigenvalue weighted by Gasteiger charge is -2.14. The Morgan fingerprint density at radius 2 is 1.96 bits per heavy atom. The van der Waals surface area contributed by atoms with Crippen LogP contribution in [0.4, 0.5) is 5.69 Å². The van der Waals surface area contributed by atoms with Crippen molar-refractivity contribution in [1.29, 1.82) is 0 Å². The molecule has 4 N–H and O–H groups in total. The molecule has 0 aliphatic carbocycles. The highest BCUT2D eigenvalue weighted by Gasteiger charge is 2.17. The number of aromatic nitrogens is 1. The van der Waals surface area contributed by atoms with Crippen molar-refractivity contribution in [1.82, 2.24) is 4.98 Å². The van der Waals surface area contributed by atoms with Gasteiger partial charge in [-0.1, -0.05) is 30.3 Å². The van der Waals surface area contributed by atoms with Crippen LogP contribution in [0.25, 0.3) is 10.9 Å². The summed E-state index contributed by atoms with van der Waals surface area (Å²) in [6.07, 6.45) is 2.43. The first-order chi connectivity index (χ1) is 11.1. The van der Waals surface area contributed by atoms with Gasteiger partial charge in [-0.3, -0.25) is 4.79 Å². The Morgan fingerprint density at radius 3 is 2.78 bits per heavy atom. The van der Waals surface area contributed by atoms with Crippen molar-refractivity contribution in [2.45, 2.75) is 26.3 Å². The molecule has 0 aliphatic heterocycles. The van der Waals surface area contributed by atoms with E-state index in [0.717, 1.165) is 33.3 Å². The van der Waals surface area contributed by atoms with Gasteiger partial charge in [0.2, 0.25) is 5.91 Å². The van der Waals surface area contributed by atoms with Gasteiger partial charge in [0.15, 0.2) is 0 Å². The molecule has 0 aliphatic rings. The molecule has 4 nitrogen and oxygen atoms in total. The lowest BCUT2D eigenvalue weighted by Crippen LogP contribution is -2.37. The summed E-state index contributed by atoms with van der Waals surface area (Å²) in [4.78, 5) is 15.6. The van der Waals surface area contributed by atoms with Gasteiger partial charge in [0.25, 0.3) is 0 Å². The van der Waals surface area contributed by atoms with E-state index in [4.69, 9.17) is 5.73 Å². The minimum absolute atomic E-state index is 0.163. The smallest absolute Gasteiger partial charge is 0.241 e. The number of H-pyrrole nitrogens is 1. The minimum Gasteiger partial charge on any atom is -0.361 e. The van der Waals surface area contributed by atoms with Crippen molar-refractivity contribution in [3.63, 3.8) is 0 Å². The van der Waals surface area contributed by atoms with E-state index >= 15 is 0 Å². The van der Waals surface area contributed by atoms with E-state index in [1.807, 2.05) is 62.5 Å². The number of aryl methyl sites for hydroxylation is 1. The number of amides is 1. The molecule has 1 amide bonds. The first-order valence-corrected chi connectivity index (χ1v) is 7.74. The topological polar surface area (TPSA) is 70.9 Å². The van der Waals surface area contributed by atoms with Crippen molar-refractivity contribution >= 4 is 22.5 Å². The number of anilines is 1. The normalized spacial score (nSPS) is 12.3. The second kappa shape index (κ2) is 6.26. The number of nitrogens with one attached hydrogen (secondary N) is 2. The number of para-hydroxylation sites is 1. The van der Waals surface area contributed by atoms with Crippen LogP contribution in [-0.4, -0.2) is 16.9 Å². The molecule has 1 unspecified atom stereocenters. The summed E-state index contributed by atoms with van der Waals surface area (Å²) < 4.78 is 0. The number of aromatic amines is 1. The highest BCUT2D eigenvalue weighted by molar-refractivity contribution is 5.96. The maximum absolute atomic E-state index is 12.4. The van der Waals surface area contributed by atoms with Crippen LogP contribution < -0.4 is 11.1 Å². The van der Waals surface area contributed by atoms with Crippen molar-refractivity contribution in [3.8, 4) is 0 Å². The van der Waals surface area contributed by atoms with E-state index in [9.17, 15) is 4.79 Å². The van der Waals surface area contributed by atoms with E-state index in [-0.39, 0.29) is 5.91 Å². The lowest BCUT2D eigenvalue weighted by atomic mass is 10.0. The van der Waals surface area contributed by atoms with Crippen molar-refractivity contribution in [3.05, 3.63) is 65.4 Å². The van der Waals surface area contributed by atoms with Gasteiger partial charge in [-0.15, -0.1) is 0 Å². The third-order valence-corrected chi connectivity index (χ3v) is 4.31. The molecule has 0 bridgehead atoms. The molecule has 0 radical (unpaired) electrons.